The molecule has 0 fully saturated rings. The minimum Gasteiger partial charge on any atom is -0.297 e. The Morgan fingerprint density at radius 2 is 1.78 bits per heavy atom. The second kappa shape index (κ2) is 7.66. The van der Waals surface area contributed by atoms with E-state index < -0.39 is 0 Å². The van der Waals surface area contributed by atoms with E-state index in [1.54, 1.807) is 6.07 Å². The summed E-state index contributed by atoms with van der Waals surface area (Å²) in [7, 11) is 0. The fourth-order valence-electron chi connectivity index (χ4n) is 1.59. The summed E-state index contributed by atoms with van der Waals surface area (Å²) in [5, 5.41) is 17.6. The van der Waals surface area contributed by atoms with Crippen LogP contribution in [0.1, 0.15) is 18.4 Å². The molecule has 3 nitrogen and oxygen atoms in total. The van der Waals surface area contributed by atoms with E-state index in [4.69, 9.17) is 22.1 Å². The van der Waals surface area contributed by atoms with E-state index >= 15 is 0 Å². The lowest BCUT2D eigenvalue weighted by molar-refractivity contribution is 0.274. The van der Waals surface area contributed by atoms with Crippen LogP contribution in [0, 0.1) is 28.5 Å². The predicted octanol–water partition coefficient (Wildman–Crippen LogP) is 3.11. The molecule has 0 amide bonds. The van der Waals surface area contributed by atoms with Gasteiger partial charge in [-0.05, 0) is 18.2 Å². The van der Waals surface area contributed by atoms with Crippen molar-refractivity contribution < 1.29 is 4.39 Å². The maximum atomic E-state index is 13.6. The van der Waals surface area contributed by atoms with Crippen molar-refractivity contribution in [3.8, 4) is 12.1 Å². The fourth-order valence-corrected chi connectivity index (χ4v) is 1.79. The fraction of sp³-hybridized carbons (Fsp3) is 0.385. The van der Waals surface area contributed by atoms with Crippen molar-refractivity contribution in [3.63, 3.8) is 0 Å². The Balaban J connectivity index is 2.72. The highest BCUT2D eigenvalue weighted by atomic mass is 35.5. The molecule has 0 spiro atoms. The molecule has 1 rings (SSSR count). The lowest BCUT2D eigenvalue weighted by Crippen LogP contribution is -2.25. The molecule has 0 saturated heterocycles. The quantitative estimate of drug-likeness (QED) is 0.794. The average molecular weight is 266 g/mol. The van der Waals surface area contributed by atoms with Crippen LogP contribution in [0.15, 0.2) is 18.2 Å². The Morgan fingerprint density at radius 3 is 2.33 bits per heavy atom. The lowest BCUT2D eigenvalue weighted by Gasteiger charge is -2.20. The first kappa shape index (κ1) is 14.4. The molecule has 0 unspecified atom stereocenters. The van der Waals surface area contributed by atoms with Crippen LogP contribution in [0.3, 0.4) is 0 Å². The van der Waals surface area contributed by atoms with Gasteiger partial charge < -0.3 is 0 Å². The summed E-state index contributed by atoms with van der Waals surface area (Å²) in [5.41, 5.74) is 0.485. The van der Waals surface area contributed by atoms with Crippen LogP contribution in [-0.2, 0) is 6.54 Å². The van der Waals surface area contributed by atoms with E-state index in [1.165, 1.54) is 12.1 Å². The normalized spacial score (nSPS) is 10.1. The second-order valence-electron chi connectivity index (χ2n) is 3.83. The number of nitriles is 2. The zero-order valence-corrected chi connectivity index (χ0v) is 10.6. The van der Waals surface area contributed by atoms with Crippen LogP contribution in [0.2, 0.25) is 5.02 Å². The maximum Gasteiger partial charge on any atom is 0.127 e. The van der Waals surface area contributed by atoms with Gasteiger partial charge in [0.1, 0.15) is 5.82 Å². The monoisotopic (exact) mass is 265 g/mol. The first-order chi connectivity index (χ1) is 8.67. The van der Waals surface area contributed by atoms with Crippen molar-refractivity contribution in [2.75, 3.05) is 13.1 Å². The van der Waals surface area contributed by atoms with Gasteiger partial charge in [0, 0.05) is 43.1 Å². The third-order valence-corrected chi connectivity index (χ3v) is 2.72. The second-order valence-corrected chi connectivity index (χ2v) is 4.26. The summed E-state index contributed by atoms with van der Waals surface area (Å²) in [4.78, 5) is 1.88. The molecular weight excluding hydrogens is 253 g/mol. The van der Waals surface area contributed by atoms with E-state index in [2.05, 4.69) is 0 Å². The van der Waals surface area contributed by atoms with E-state index in [9.17, 15) is 4.39 Å². The molecule has 0 aliphatic heterocycles. The topological polar surface area (TPSA) is 50.8 Å². The van der Waals surface area contributed by atoms with Crippen LogP contribution >= 0.6 is 11.6 Å². The summed E-state index contributed by atoms with van der Waals surface area (Å²) in [5.74, 6) is -0.321. The van der Waals surface area contributed by atoms with Gasteiger partial charge in [-0.1, -0.05) is 11.6 Å². The third kappa shape index (κ3) is 4.71. The minimum atomic E-state index is -0.321. The van der Waals surface area contributed by atoms with Gasteiger partial charge in [-0.25, -0.2) is 4.39 Å². The third-order valence-electron chi connectivity index (χ3n) is 2.48. The Bertz CT molecular complexity index is 458. The first-order valence-corrected chi connectivity index (χ1v) is 5.95. The molecule has 1 aromatic carbocycles. The number of nitrogens with zero attached hydrogens (tertiary/aromatic N) is 3. The predicted molar refractivity (Wildman–Crippen MR) is 67.1 cm³/mol. The first-order valence-electron chi connectivity index (χ1n) is 5.57. The molecule has 0 saturated carbocycles. The molecule has 0 N–H and O–H groups in total. The number of halogens is 2. The van der Waals surface area contributed by atoms with Crippen LogP contribution in [0.4, 0.5) is 4.39 Å². The van der Waals surface area contributed by atoms with Crippen molar-refractivity contribution in [1.82, 2.24) is 4.90 Å². The van der Waals surface area contributed by atoms with Crippen LogP contribution in [-0.4, -0.2) is 18.0 Å². The van der Waals surface area contributed by atoms with E-state index in [0.29, 0.717) is 43.1 Å². The molecule has 0 aromatic heterocycles. The molecular formula is C13H13ClFN3. The minimum absolute atomic E-state index is 0.321. The van der Waals surface area contributed by atoms with Crippen molar-refractivity contribution in [1.29, 1.82) is 10.5 Å². The summed E-state index contributed by atoms with van der Waals surface area (Å²) in [6.45, 7) is 1.39. The Hall–Kier alpha value is -1.62. The van der Waals surface area contributed by atoms with Gasteiger partial charge in [-0.2, -0.15) is 10.5 Å². The average Bonchev–Trinajstić information content (AvgIpc) is 2.37. The summed E-state index contributed by atoms with van der Waals surface area (Å²) in [6.07, 6.45) is 0.710. The van der Waals surface area contributed by atoms with Gasteiger partial charge in [0.15, 0.2) is 0 Å². The zero-order valence-electron chi connectivity index (χ0n) is 9.87. The maximum absolute atomic E-state index is 13.6. The highest BCUT2D eigenvalue weighted by Gasteiger charge is 2.09. The standard InChI is InChI=1S/C13H13ClFN3/c14-12-3-4-13(15)11(9-12)10-18(7-1-5-16)8-2-6-17/h3-4,9H,1-2,7-8,10H2. The number of hydrogen-bond donors (Lipinski definition) is 0. The van der Waals surface area contributed by atoms with Gasteiger partial charge in [0.05, 0.1) is 12.1 Å². The molecule has 0 radical (unpaired) electrons. The molecule has 0 bridgehead atoms. The van der Waals surface area contributed by atoms with E-state index in [1.807, 2.05) is 17.0 Å². The summed E-state index contributed by atoms with van der Waals surface area (Å²) in [6, 6.07) is 8.48. The van der Waals surface area contributed by atoms with Crippen LogP contribution in [0.5, 0.6) is 0 Å². The Labute approximate surface area is 111 Å². The van der Waals surface area contributed by atoms with Crippen molar-refractivity contribution in [2.24, 2.45) is 0 Å². The molecule has 0 aliphatic rings. The Kier molecular flexibility index (Phi) is 6.14. The molecule has 1 aromatic rings. The molecule has 94 valence electrons. The Morgan fingerprint density at radius 1 is 1.17 bits per heavy atom. The molecule has 0 atom stereocenters. The van der Waals surface area contributed by atoms with Crippen molar-refractivity contribution in [2.45, 2.75) is 19.4 Å². The molecule has 0 heterocycles. The highest BCUT2D eigenvalue weighted by molar-refractivity contribution is 6.30. The molecule has 0 aliphatic carbocycles. The number of rotatable bonds is 6. The molecule has 5 heteroatoms. The van der Waals surface area contributed by atoms with Crippen molar-refractivity contribution in [3.05, 3.63) is 34.6 Å². The number of hydrogen-bond acceptors (Lipinski definition) is 3. The van der Waals surface area contributed by atoms with Crippen molar-refractivity contribution >= 4 is 11.6 Å². The van der Waals surface area contributed by atoms with Gasteiger partial charge in [-0.3, -0.25) is 4.90 Å². The largest absolute Gasteiger partial charge is 0.297 e. The van der Waals surface area contributed by atoms with E-state index in [-0.39, 0.29) is 5.82 Å². The highest BCUT2D eigenvalue weighted by Crippen LogP contribution is 2.17. The van der Waals surface area contributed by atoms with Gasteiger partial charge in [-0.15, -0.1) is 0 Å². The molecule has 18 heavy (non-hydrogen) atoms. The van der Waals surface area contributed by atoms with Crippen LogP contribution in [0.25, 0.3) is 0 Å². The van der Waals surface area contributed by atoms with Gasteiger partial charge in [0.25, 0.3) is 0 Å². The van der Waals surface area contributed by atoms with E-state index in [0.717, 1.165) is 0 Å². The summed E-state index contributed by atoms with van der Waals surface area (Å²) < 4.78 is 13.6. The zero-order chi connectivity index (χ0) is 13.4. The van der Waals surface area contributed by atoms with Gasteiger partial charge in [0.2, 0.25) is 0 Å². The number of benzene rings is 1. The smallest absolute Gasteiger partial charge is 0.127 e. The summed E-state index contributed by atoms with van der Waals surface area (Å²) >= 11 is 5.82. The van der Waals surface area contributed by atoms with Gasteiger partial charge >= 0.3 is 0 Å². The lowest BCUT2D eigenvalue weighted by atomic mass is 10.2. The SMILES string of the molecule is N#CCCN(CCC#N)Cc1cc(Cl)ccc1F. The van der Waals surface area contributed by atoms with Crippen LogP contribution < -0.4 is 0 Å².